The van der Waals surface area contributed by atoms with Gasteiger partial charge in [-0.05, 0) is 36.5 Å². The van der Waals surface area contributed by atoms with Gasteiger partial charge in [-0.3, -0.25) is 9.59 Å². The fraction of sp³-hybridized carbons (Fsp3) is 0.400. The summed E-state index contributed by atoms with van der Waals surface area (Å²) < 4.78 is 32.1. The highest BCUT2D eigenvalue weighted by Gasteiger charge is 2.36. The lowest BCUT2D eigenvalue weighted by atomic mass is 9.76. The van der Waals surface area contributed by atoms with Crippen molar-refractivity contribution < 1.29 is 22.8 Å². The topological polar surface area (TPSA) is 59.3 Å². The molecule has 1 amide bonds. The van der Waals surface area contributed by atoms with E-state index >= 15 is 0 Å². The molecule has 0 bridgehead atoms. The van der Waals surface area contributed by atoms with Crippen LogP contribution in [-0.2, 0) is 12.8 Å². The Bertz CT molecular complexity index is 863. The van der Waals surface area contributed by atoms with Crippen molar-refractivity contribution in [3.05, 3.63) is 58.0 Å². The largest absolute Gasteiger partial charge is 0.455 e. The van der Waals surface area contributed by atoms with Crippen molar-refractivity contribution in [3.63, 3.8) is 0 Å². The van der Waals surface area contributed by atoms with E-state index in [9.17, 15) is 18.4 Å². The molecule has 1 heterocycles. The van der Waals surface area contributed by atoms with E-state index in [1.807, 2.05) is 13.8 Å². The lowest BCUT2D eigenvalue weighted by molar-refractivity contribution is 0.0889. The Kier molecular flexibility index (Phi) is 4.69. The van der Waals surface area contributed by atoms with Crippen molar-refractivity contribution in [1.29, 1.82) is 0 Å². The van der Waals surface area contributed by atoms with Crippen LogP contribution in [0, 0.1) is 24.0 Å². The molecule has 4 nitrogen and oxygen atoms in total. The second kappa shape index (κ2) is 6.67. The average Bonchev–Trinajstić information content (AvgIpc) is 2.81. The molecular formula is C20H21F2NO3. The van der Waals surface area contributed by atoms with Crippen molar-refractivity contribution in [3.8, 4) is 0 Å². The molecule has 1 aliphatic carbocycles. The van der Waals surface area contributed by atoms with Crippen molar-refractivity contribution in [2.75, 3.05) is 6.54 Å². The molecule has 0 unspecified atom stereocenters. The molecule has 138 valence electrons. The second-order valence-corrected chi connectivity index (χ2v) is 7.58. The van der Waals surface area contributed by atoms with E-state index in [4.69, 9.17) is 4.42 Å². The number of fused-ring (bicyclic) bond motifs is 1. The maximum Gasteiger partial charge on any atom is 0.287 e. The summed E-state index contributed by atoms with van der Waals surface area (Å²) in [5.41, 5.74) is 1.33. The minimum absolute atomic E-state index is 0.00761. The summed E-state index contributed by atoms with van der Waals surface area (Å²) >= 11 is 0. The van der Waals surface area contributed by atoms with Crippen molar-refractivity contribution >= 4 is 11.7 Å². The highest BCUT2D eigenvalue weighted by molar-refractivity contribution is 6.03. The van der Waals surface area contributed by atoms with Gasteiger partial charge in [-0.2, -0.15) is 0 Å². The molecule has 0 fully saturated rings. The molecule has 3 rings (SSSR count). The number of benzene rings is 1. The van der Waals surface area contributed by atoms with Gasteiger partial charge in [-0.1, -0.05) is 13.8 Å². The molecule has 1 aromatic carbocycles. The van der Waals surface area contributed by atoms with Crippen LogP contribution in [0.3, 0.4) is 0 Å². The van der Waals surface area contributed by atoms with Gasteiger partial charge in [0.1, 0.15) is 17.4 Å². The number of carbonyl (C=O) groups is 2. The van der Waals surface area contributed by atoms with Crippen LogP contribution in [0.1, 0.15) is 58.1 Å². The molecule has 1 aromatic heterocycles. The summed E-state index contributed by atoms with van der Waals surface area (Å²) in [5.74, 6) is -1.05. The monoisotopic (exact) mass is 361 g/mol. The van der Waals surface area contributed by atoms with Crippen LogP contribution in [-0.4, -0.2) is 18.2 Å². The fourth-order valence-electron chi connectivity index (χ4n) is 3.46. The number of Topliss-reactive ketones (excluding diaryl/α,β-unsaturated/α-hetero) is 1. The first-order valence-electron chi connectivity index (χ1n) is 8.55. The van der Waals surface area contributed by atoms with Crippen LogP contribution in [0.15, 0.2) is 22.6 Å². The summed E-state index contributed by atoms with van der Waals surface area (Å²) in [6.07, 6.45) is 1.31. The first kappa shape index (κ1) is 18.3. The Morgan fingerprint density at radius 1 is 1.19 bits per heavy atom. The predicted molar refractivity (Wildman–Crippen MR) is 92.3 cm³/mol. The number of furan rings is 1. The highest BCUT2D eigenvalue weighted by atomic mass is 19.1. The summed E-state index contributed by atoms with van der Waals surface area (Å²) in [5, 5.41) is 2.68. The average molecular weight is 361 g/mol. The number of hydrogen-bond donors (Lipinski definition) is 1. The SMILES string of the molecule is Cc1c(C(=O)NCCc2cc(F)cc(F)c2)oc2c1C(=O)CC(C)(C)C2. The third-order valence-corrected chi connectivity index (χ3v) is 4.60. The van der Waals surface area contributed by atoms with Crippen LogP contribution in [0.4, 0.5) is 8.78 Å². The van der Waals surface area contributed by atoms with Gasteiger partial charge >= 0.3 is 0 Å². The number of hydrogen-bond acceptors (Lipinski definition) is 3. The number of ketones is 1. The second-order valence-electron chi connectivity index (χ2n) is 7.58. The number of carbonyl (C=O) groups excluding carboxylic acids is 2. The van der Waals surface area contributed by atoms with Crippen LogP contribution in [0.2, 0.25) is 0 Å². The number of amides is 1. The third-order valence-electron chi connectivity index (χ3n) is 4.60. The maximum atomic E-state index is 13.2. The van der Waals surface area contributed by atoms with E-state index < -0.39 is 17.5 Å². The first-order chi connectivity index (χ1) is 12.2. The quantitative estimate of drug-likeness (QED) is 0.896. The Balaban J connectivity index is 1.70. The Hall–Kier alpha value is -2.50. The van der Waals surface area contributed by atoms with Gasteiger partial charge in [0.15, 0.2) is 11.5 Å². The Morgan fingerprint density at radius 3 is 2.50 bits per heavy atom. The maximum absolute atomic E-state index is 13.2. The smallest absolute Gasteiger partial charge is 0.287 e. The lowest BCUT2D eigenvalue weighted by Gasteiger charge is -2.27. The zero-order valence-electron chi connectivity index (χ0n) is 15.0. The van der Waals surface area contributed by atoms with E-state index in [-0.39, 0.29) is 29.9 Å². The van der Waals surface area contributed by atoms with E-state index in [1.54, 1.807) is 6.92 Å². The van der Waals surface area contributed by atoms with Gasteiger partial charge in [0.2, 0.25) is 0 Å². The number of halogens is 2. The molecule has 0 atom stereocenters. The zero-order chi connectivity index (χ0) is 19.1. The van der Waals surface area contributed by atoms with Gasteiger partial charge in [-0.15, -0.1) is 0 Å². The van der Waals surface area contributed by atoms with Crippen molar-refractivity contribution in [2.45, 2.75) is 40.0 Å². The molecule has 26 heavy (non-hydrogen) atoms. The molecule has 0 spiro atoms. The summed E-state index contributed by atoms with van der Waals surface area (Å²) in [7, 11) is 0. The normalized spacial score (nSPS) is 15.7. The van der Waals surface area contributed by atoms with Crippen LogP contribution in [0.25, 0.3) is 0 Å². The van der Waals surface area contributed by atoms with Gasteiger partial charge < -0.3 is 9.73 Å². The molecular weight excluding hydrogens is 340 g/mol. The Morgan fingerprint density at radius 2 is 1.85 bits per heavy atom. The molecule has 1 N–H and O–H groups in total. The van der Waals surface area contributed by atoms with Gasteiger partial charge in [-0.25, -0.2) is 8.78 Å². The van der Waals surface area contributed by atoms with Gasteiger partial charge in [0, 0.05) is 31.0 Å². The minimum Gasteiger partial charge on any atom is -0.455 e. The fourth-order valence-corrected chi connectivity index (χ4v) is 3.46. The summed E-state index contributed by atoms with van der Waals surface area (Å²) in [6, 6.07) is 3.26. The van der Waals surface area contributed by atoms with Crippen LogP contribution < -0.4 is 5.32 Å². The molecule has 0 saturated heterocycles. The van der Waals surface area contributed by atoms with Gasteiger partial charge in [0.25, 0.3) is 5.91 Å². The minimum atomic E-state index is -0.651. The predicted octanol–water partition coefficient (Wildman–Crippen LogP) is 3.99. The standard InChI is InChI=1S/C20H21F2NO3/c1-11-17-15(24)9-20(2,3)10-16(17)26-18(11)19(25)23-5-4-12-6-13(21)8-14(22)7-12/h6-8H,4-5,9-10H2,1-3H3,(H,23,25). The summed E-state index contributed by atoms with van der Waals surface area (Å²) in [6.45, 7) is 5.88. The van der Waals surface area contributed by atoms with Crippen molar-refractivity contribution in [2.24, 2.45) is 5.41 Å². The Labute approximate surface area is 150 Å². The lowest BCUT2D eigenvalue weighted by Crippen LogP contribution is -2.26. The van der Waals surface area contributed by atoms with Crippen LogP contribution >= 0.6 is 0 Å². The van der Waals surface area contributed by atoms with Crippen molar-refractivity contribution in [1.82, 2.24) is 5.32 Å². The van der Waals surface area contributed by atoms with E-state index in [2.05, 4.69) is 5.32 Å². The van der Waals surface area contributed by atoms with Crippen LogP contribution in [0.5, 0.6) is 0 Å². The first-order valence-corrected chi connectivity index (χ1v) is 8.55. The molecule has 6 heteroatoms. The van der Waals surface area contributed by atoms with E-state index in [1.165, 1.54) is 12.1 Å². The third kappa shape index (κ3) is 3.69. The number of rotatable bonds is 4. The summed E-state index contributed by atoms with van der Waals surface area (Å²) in [4.78, 5) is 24.8. The highest BCUT2D eigenvalue weighted by Crippen LogP contribution is 2.38. The molecule has 0 aliphatic heterocycles. The zero-order valence-corrected chi connectivity index (χ0v) is 15.0. The molecule has 1 aliphatic rings. The van der Waals surface area contributed by atoms with E-state index in [0.717, 1.165) is 6.07 Å². The van der Waals surface area contributed by atoms with Gasteiger partial charge in [0.05, 0.1) is 5.56 Å². The van der Waals surface area contributed by atoms with E-state index in [0.29, 0.717) is 35.3 Å². The molecule has 0 radical (unpaired) electrons. The number of nitrogens with one attached hydrogen (secondary N) is 1. The molecule has 2 aromatic rings. The molecule has 0 saturated carbocycles.